The summed E-state index contributed by atoms with van der Waals surface area (Å²) in [6, 6.07) is 0.353. The molecule has 1 aliphatic heterocycles. The lowest BCUT2D eigenvalue weighted by atomic mass is 9.76. The highest BCUT2D eigenvalue weighted by Crippen LogP contribution is 2.34. The molecule has 0 aromatic rings. The first-order valence-corrected chi connectivity index (χ1v) is 7.97. The summed E-state index contributed by atoms with van der Waals surface area (Å²) in [7, 11) is 1.82. The highest BCUT2D eigenvalue weighted by molar-refractivity contribution is 4.91. The molecule has 2 aliphatic rings. The first-order valence-electron chi connectivity index (χ1n) is 7.97. The van der Waals surface area contributed by atoms with Gasteiger partial charge in [0, 0.05) is 19.7 Å². The highest BCUT2D eigenvalue weighted by Gasteiger charge is 2.37. The van der Waals surface area contributed by atoms with Crippen molar-refractivity contribution in [2.45, 2.75) is 64.7 Å². The maximum atomic E-state index is 10.4. The van der Waals surface area contributed by atoms with Crippen molar-refractivity contribution in [3.8, 4) is 0 Å². The van der Waals surface area contributed by atoms with Gasteiger partial charge in [-0.15, -0.1) is 0 Å². The van der Waals surface area contributed by atoms with Crippen molar-refractivity contribution in [1.29, 1.82) is 0 Å². The summed E-state index contributed by atoms with van der Waals surface area (Å²) in [6.07, 6.45) is 4.70. The van der Waals surface area contributed by atoms with E-state index in [-0.39, 0.29) is 6.10 Å². The predicted molar refractivity (Wildman–Crippen MR) is 78.1 cm³/mol. The Kier molecular flexibility index (Phi) is 5.27. The minimum absolute atomic E-state index is 0.138. The summed E-state index contributed by atoms with van der Waals surface area (Å²) in [6.45, 7) is 9.02. The van der Waals surface area contributed by atoms with Crippen LogP contribution in [0.5, 0.6) is 0 Å². The van der Waals surface area contributed by atoms with Gasteiger partial charge in [-0.05, 0) is 50.0 Å². The van der Waals surface area contributed by atoms with Crippen LogP contribution in [0.2, 0.25) is 0 Å². The summed E-state index contributed by atoms with van der Waals surface area (Å²) < 4.78 is 5.61. The molecule has 1 saturated carbocycles. The zero-order chi connectivity index (χ0) is 14.0. The number of ether oxygens (including phenoxy) is 1. The smallest absolute Gasteiger partial charge is 0.0724 e. The van der Waals surface area contributed by atoms with Gasteiger partial charge >= 0.3 is 0 Å². The minimum atomic E-state index is -0.138. The van der Waals surface area contributed by atoms with Gasteiger partial charge in [0.15, 0.2) is 0 Å². The molecule has 112 valence electrons. The van der Waals surface area contributed by atoms with Gasteiger partial charge in [-0.25, -0.2) is 0 Å². The van der Waals surface area contributed by atoms with Gasteiger partial charge in [0.25, 0.3) is 0 Å². The molecule has 19 heavy (non-hydrogen) atoms. The number of methoxy groups -OCH3 is 1. The van der Waals surface area contributed by atoms with E-state index in [1.807, 2.05) is 7.11 Å². The second-order valence-corrected chi connectivity index (χ2v) is 6.99. The van der Waals surface area contributed by atoms with Crippen LogP contribution in [0.4, 0.5) is 0 Å². The quantitative estimate of drug-likeness (QED) is 0.854. The summed E-state index contributed by atoms with van der Waals surface area (Å²) in [5, 5.41) is 10.4. The number of hydrogen-bond donors (Lipinski definition) is 1. The van der Waals surface area contributed by atoms with Gasteiger partial charge in [0.05, 0.1) is 12.2 Å². The fraction of sp³-hybridized carbons (Fsp3) is 1.00. The van der Waals surface area contributed by atoms with Gasteiger partial charge < -0.3 is 9.84 Å². The molecular weight excluding hydrogens is 238 g/mol. The van der Waals surface area contributed by atoms with Crippen LogP contribution < -0.4 is 0 Å². The monoisotopic (exact) mass is 269 g/mol. The summed E-state index contributed by atoms with van der Waals surface area (Å²) in [4.78, 5) is 2.49. The molecule has 3 heteroatoms. The third-order valence-corrected chi connectivity index (χ3v) is 5.46. The molecule has 1 aliphatic carbocycles. The molecule has 5 unspecified atom stereocenters. The van der Waals surface area contributed by atoms with E-state index in [0.717, 1.165) is 37.8 Å². The Balaban J connectivity index is 1.98. The van der Waals surface area contributed by atoms with E-state index >= 15 is 0 Å². The Morgan fingerprint density at radius 2 is 1.95 bits per heavy atom. The van der Waals surface area contributed by atoms with Crippen molar-refractivity contribution in [1.82, 2.24) is 4.90 Å². The van der Waals surface area contributed by atoms with Crippen LogP contribution in [-0.2, 0) is 4.74 Å². The van der Waals surface area contributed by atoms with Crippen molar-refractivity contribution >= 4 is 0 Å². The molecule has 1 saturated heterocycles. The number of piperidine rings is 1. The average molecular weight is 269 g/mol. The zero-order valence-electron chi connectivity index (χ0n) is 13.0. The highest BCUT2D eigenvalue weighted by atomic mass is 16.5. The van der Waals surface area contributed by atoms with Gasteiger partial charge in [-0.2, -0.15) is 0 Å². The third kappa shape index (κ3) is 3.50. The van der Waals surface area contributed by atoms with E-state index in [0.29, 0.717) is 18.1 Å². The molecular formula is C16H31NO2. The standard InChI is InChI=1S/C16H31NO2/c1-11(2)13-5-6-15(18)14(9-13)17-8-7-12(3)16(10-17)19-4/h11-16,18H,5-10H2,1-4H3. The van der Waals surface area contributed by atoms with E-state index in [2.05, 4.69) is 25.7 Å². The normalized spacial score (nSPS) is 41.7. The second-order valence-electron chi connectivity index (χ2n) is 6.99. The topological polar surface area (TPSA) is 32.7 Å². The first kappa shape index (κ1) is 15.3. The number of aliphatic hydroxyl groups is 1. The molecule has 0 spiro atoms. The molecule has 0 bridgehead atoms. The van der Waals surface area contributed by atoms with E-state index in [1.54, 1.807) is 0 Å². The number of nitrogens with zero attached hydrogens (tertiary/aromatic N) is 1. The molecule has 0 amide bonds. The van der Waals surface area contributed by atoms with Gasteiger partial charge in [0.1, 0.15) is 0 Å². The maximum absolute atomic E-state index is 10.4. The minimum Gasteiger partial charge on any atom is -0.391 e. The van der Waals surface area contributed by atoms with Crippen molar-refractivity contribution in [2.24, 2.45) is 17.8 Å². The average Bonchev–Trinajstić information content (AvgIpc) is 2.40. The van der Waals surface area contributed by atoms with Crippen LogP contribution in [-0.4, -0.2) is 48.5 Å². The SMILES string of the molecule is COC1CN(C2CC(C(C)C)CCC2O)CCC1C. The molecule has 0 aromatic carbocycles. The molecule has 3 nitrogen and oxygen atoms in total. The predicted octanol–water partition coefficient (Wildman–Crippen LogP) is 2.53. The van der Waals surface area contributed by atoms with E-state index in [1.165, 1.54) is 12.8 Å². The molecule has 2 fully saturated rings. The van der Waals surface area contributed by atoms with Crippen LogP contribution in [0.15, 0.2) is 0 Å². The van der Waals surface area contributed by atoms with Gasteiger partial charge in [-0.3, -0.25) is 4.90 Å². The van der Waals surface area contributed by atoms with E-state index in [9.17, 15) is 5.11 Å². The lowest BCUT2D eigenvalue weighted by Gasteiger charge is -2.46. The van der Waals surface area contributed by atoms with Crippen LogP contribution in [0.25, 0.3) is 0 Å². The van der Waals surface area contributed by atoms with Crippen molar-refractivity contribution in [3.05, 3.63) is 0 Å². The van der Waals surface area contributed by atoms with Crippen molar-refractivity contribution in [2.75, 3.05) is 20.2 Å². The van der Waals surface area contributed by atoms with E-state index in [4.69, 9.17) is 4.74 Å². The molecule has 1 heterocycles. The Morgan fingerprint density at radius 1 is 1.21 bits per heavy atom. The molecule has 1 N–H and O–H groups in total. The van der Waals surface area contributed by atoms with Crippen molar-refractivity contribution in [3.63, 3.8) is 0 Å². The number of likely N-dealkylation sites (tertiary alicyclic amines) is 1. The van der Waals surface area contributed by atoms with Crippen molar-refractivity contribution < 1.29 is 9.84 Å². The third-order valence-electron chi connectivity index (χ3n) is 5.46. The maximum Gasteiger partial charge on any atom is 0.0724 e. The van der Waals surface area contributed by atoms with Gasteiger partial charge in [0.2, 0.25) is 0 Å². The molecule has 0 radical (unpaired) electrons. The summed E-state index contributed by atoms with van der Waals surface area (Å²) in [5.74, 6) is 2.15. The van der Waals surface area contributed by atoms with Crippen LogP contribution in [0.1, 0.15) is 46.5 Å². The first-order chi connectivity index (χ1) is 9.02. The lowest BCUT2D eigenvalue weighted by molar-refractivity contribution is -0.0632. The molecule has 0 aromatic heterocycles. The number of hydrogen-bond acceptors (Lipinski definition) is 3. The molecule has 5 atom stereocenters. The zero-order valence-corrected chi connectivity index (χ0v) is 13.0. The van der Waals surface area contributed by atoms with Crippen LogP contribution in [0.3, 0.4) is 0 Å². The Bertz CT molecular complexity index is 282. The van der Waals surface area contributed by atoms with E-state index < -0.39 is 0 Å². The fourth-order valence-corrected chi connectivity index (χ4v) is 3.83. The Labute approximate surface area is 118 Å². The van der Waals surface area contributed by atoms with Crippen LogP contribution in [0, 0.1) is 17.8 Å². The number of aliphatic hydroxyl groups excluding tert-OH is 1. The Hall–Kier alpha value is -0.120. The fourth-order valence-electron chi connectivity index (χ4n) is 3.83. The Morgan fingerprint density at radius 3 is 2.58 bits per heavy atom. The second kappa shape index (κ2) is 6.55. The van der Waals surface area contributed by atoms with Gasteiger partial charge in [-0.1, -0.05) is 20.8 Å². The number of rotatable bonds is 3. The summed E-state index contributed by atoms with van der Waals surface area (Å²) >= 11 is 0. The van der Waals surface area contributed by atoms with Crippen LogP contribution >= 0.6 is 0 Å². The summed E-state index contributed by atoms with van der Waals surface area (Å²) in [5.41, 5.74) is 0. The lowest BCUT2D eigenvalue weighted by Crippen LogP contribution is -2.54. The largest absolute Gasteiger partial charge is 0.391 e. The molecule has 2 rings (SSSR count).